The molecular formula is C12H15N5O4S. The Morgan fingerprint density at radius 2 is 2.23 bits per heavy atom. The number of aromatic amines is 1. The number of carboxylic acid groups (broad SMARTS) is 1. The number of nitrogens with one attached hydrogen (secondary N) is 2. The van der Waals surface area contributed by atoms with E-state index in [1.807, 2.05) is 0 Å². The van der Waals surface area contributed by atoms with Gasteiger partial charge in [0, 0.05) is 30.9 Å². The van der Waals surface area contributed by atoms with Crippen LogP contribution in [0, 0.1) is 6.92 Å². The smallest absolute Gasteiger partial charge is 0.290 e. The van der Waals surface area contributed by atoms with Crippen LogP contribution in [0.25, 0.3) is 0 Å². The molecule has 0 aliphatic carbocycles. The minimum Gasteiger partial charge on any atom is -0.483 e. The molecule has 1 amide bonds. The number of rotatable bonds is 4. The summed E-state index contributed by atoms with van der Waals surface area (Å²) in [7, 11) is 0. The van der Waals surface area contributed by atoms with Gasteiger partial charge in [-0.05, 0) is 6.92 Å². The normalized spacial score (nSPS) is 9.50. The molecule has 0 aromatic carbocycles. The van der Waals surface area contributed by atoms with Gasteiger partial charge in [-0.1, -0.05) is 11.3 Å². The van der Waals surface area contributed by atoms with Crippen molar-refractivity contribution in [1.29, 1.82) is 0 Å². The topological polar surface area (TPSA) is 151 Å². The number of hydrogen-bond donors (Lipinski definition) is 4. The molecule has 2 aromatic heterocycles. The molecule has 0 bridgehead atoms. The summed E-state index contributed by atoms with van der Waals surface area (Å²) in [6.07, 6.45) is 1.94. The van der Waals surface area contributed by atoms with Crippen LogP contribution in [0.4, 0.5) is 5.13 Å². The summed E-state index contributed by atoms with van der Waals surface area (Å²) in [4.78, 5) is 34.6. The van der Waals surface area contributed by atoms with Gasteiger partial charge < -0.3 is 21.1 Å². The first-order valence-electron chi connectivity index (χ1n) is 6.11. The summed E-state index contributed by atoms with van der Waals surface area (Å²) in [6.45, 7) is 1.88. The fraction of sp³-hybridized carbons (Fsp3) is 0.250. The monoisotopic (exact) mass is 325 g/mol. The molecule has 2 aromatic rings. The molecule has 0 aliphatic rings. The van der Waals surface area contributed by atoms with Crippen molar-refractivity contribution in [3.05, 3.63) is 38.8 Å². The second-order valence-electron chi connectivity index (χ2n) is 4.04. The number of H-pyrrole nitrogens is 1. The Bertz CT molecular complexity index is 697. The Morgan fingerprint density at radius 3 is 2.77 bits per heavy atom. The van der Waals surface area contributed by atoms with E-state index in [1.54, 1.807) is 6.92 Å². The third-order valence-electron chi connectivity index (χ3n) is 2.41. The Labute approximate surface area is 129 Å². The van der Waals surface area contributed by atoms with Crippen LogP contribution in [0.3, 0.4) is 0 Å². The second-order valence-corrected chi connectivity index (χ2v) is 5.13. The number of nitrogen functional groups attached to an aromatic ring is 1. The molecule has 0 unspecified atom stereocenters. The van der Waals surface area contributed by atoms with E-state index in [9.17, 15) is 9.59 Å². The Morgan fingerprint density at radius 1 is 1.55 bits per heavy atom. The molecule has 0 radical (unpaired) electrons. The van der Waals surface area contributed by atoms with Gasteiger partial charge in [0.15, 0.2) is 5.43 Å². The number of nitrogens with zero attached hydrogens (tertiary/aromatic N) is 2. The van der Waals surface area contributed by atoms with E-state index < -0.39 is 5.91 Å². The number of nitrogens with two attached hydrogens (primary N) is 1. The molecule has 9 nitrogen and oxygen atoms in total. The van der Waals surface area contributed by atoms with Crippen LogP contribution in [-0.2, 0) is 11.2 Å². The Balaban J connectivity index is 0.000000745. The molecular weight excluding hydrogens is 310 g/mol. The van der Waals surface area contributed by atoms with E-state index in [2.05, 4.69) is 20.5 Å². The van der Waals surface area contributed by atoms with Gasteiger partial charge in [-0.3, -0.25) is 14.4 Å². The molecule has 10 heteroatoms. The molecule has 0 aliphatic heterocycles. The summed E-state index contributed by atoms with van der Waals surface area (Å²) < 4.78 is 0. The van der Waals surface area contributed by atoms with Crippen molar-refractivity contribution in [2.75, 3.05) is 12.3 Å². The SMILES string of the molecule is Cc1cc(=O)c(C(=O)NCCc2nnc(N)s2)c[nH]1.O=CO. The minimum atomic E-state index is -0.404. The van der Waals surface area contributed by atoms with E-state index in [0.29, 0.717) is 23.8 Å². The third kappa shape index (κ3) is 5.32. The van der Waals surface area contributed by atoms with Gasteiger partial charge >= 0.3 is 0 Å². The third-order valence-corrected chi connectivity index (χ3v) is 3.22. The lowest BCUT2D eigenvalue weighted by Crippen LogP contribution is -2.30. The zero-order valence-corrected chi connectivity index (χ0v) is 12.5. The first kappa shape index (κ1) is 17.3. The van der Waals surface area contributed by atoms with Crippen molar-refractivity contribution in [3.63, 3.8) is 0 Å². The first-order chi connectivity index (χ1) is 10.5. The Kier molecular flexibility index (Phi) is 6.70. The van der Waals surface area contributed by atoms with Gasteiger partial charge in [0.05, 0.1) is 0 Å². The lowest BCUT2D eigenvalue weighted by molar-refractivity contribution is -0.122. The van der Waals surface area contributed by atoms with E-state index in [-0.39, 0.29) is 17.5 Å². The fourth-order valence-electron chi connectivity index (χ4n) is 1.50. The van der Waals surface area contributed by atoms with Crippen molar-refractivity contribution in [2.24, 2.45) is 0 Å². The molecule has 0 saturated heterocycles. The standard InChI is InChI=1S/C11H13N5O2S.CH2O2/c1-6-4-8(17)7(5-14-6)10(18)13-3-2-9-15-16-11(12)19-9;2-1-3/h4-5H,2-3H2,1H3,(H2,12,16)(H,13,18)(H,14,17);1H,(H,2,3). The van der Waals surface area contributed by atoms with Crippen LogP contribution in [0.1, 0.15) is 21.1 Å². The molecule has 0 saturated carbocycles. The summed E-state index contributed by atoms with van der Waals surface area (Å²) >= 11 is 1.28. The Hall–Kier alpha value is -2.75. The van der Waals surface area contributed by atoms with Gasteiger partial charge in [-0.15, -0.1) is 10.2 Å². The number of carbonyl (C=O) groups is 2. The summed E-state index contributed by atoms with van der Waals surface area (Å²) in [5.74, 6) is -0.404. The van der Waals surface area contributed by atoms with Crippen LogP contribution < -0.4 is 16.5 Å². The van der Waals surface area contributed by atoms with E-state index in [4.69, 9.17) is 15.6 Å². The van der Waals surface area contributed by atoms with Crippen molar-refractivity contribution >= 4 is 28.8 Å². The second kappa shape index (κ2) is 8.52. The number of anilines is 1. The van der Waals surface area contributed by atoms with Crippen LogP contribution in [0.5, 0.6) is 0 Å². The summed E-state index contributed by atoms with van der Waals surface area (Å²) in [6, 6.07) is 1.39. The maximum atomic E-state index is 11.8. The fourth-order valence-corrected chi connectivity index (χ4v) is 2.11. The highest BCUT2D eigenvalue weighted by Gasteiger charge is 2.10. The van der Waals surface area contributed by atoms with Crippen LogP contribution in [0.2, 0.25) is 0 Å². The molecule has 0 spiro atoms. The van der Waals surface area contributed by atoms with Crippen molar-refractivity contribution in [3.8, 4) is 0 Å². The first-order valence-corrected chi connectivity index (χ1v) is 6.92. The van der Waals surface area contributed by atoms with Crippen LogP contribution >= 0.6 is 11.3 Å². The van der Waals surface area contributed by atoms with Gasteiger partial charge in [-0.25, -0.2) is 0 Å². The van der Waals surface area contributed by atoms with Crippen molar-refractivity contribution in [2.45, 2.75) is 13.3 Å². The number of hydrogen-bond acceptors (Lipinski definition) is 7. The number of pyridine rings is 1. The number of amides is 1. The molecule has 0 atom stereocenters. The van der Waals surface area contributed by atoms with Gasteiger partial charge in [0.25, 0.3) is 12.4 Å². The van der Waals surface area contributed by atoms with Gasteiger partial charge in [0.2, 0.25) is 5.13 Å². The molecule has 2 heterocycles. The van der Waals surface area contributed by atoms with Gasteiger partial charge in [0.1, 0.15) is 10.6 Å². The lowest BCUT2D eigenvalue weighted by Gasteiger charge is -2.03. The van der Waals surface area contributed by atoms with E-state index in [1.165, 1.54) is 23.6 Å². The zero-order valence-electron chi connectivity index (χ0n) is 11.7. The largest absolute Gasteiger partial charge is 0.483 e. The average molecular weight is 325 g/mol. The number of aryl methyl sites for hydroxylation is 1. The van der Waals surface area contributed by atoms with Crippen molar-refractivity contribution < 1.29 is 14.7 Å². The van der Waals surface area contributed by atoms with E-state index in [0.717, 1.165) is 5.01 Å². The molecule has 5 N–H and O–H groups in total. The molecule has 2 rings (SSSR count). The highest BCUT2D eigenvalue weighted by atomic mass is 32.1. The van der Waals surface area contributed by atoms with Crippen molar-refractivity contribution in [1.82, 2.24) is 20.5 Å². The number of aromatic nitrogens is 3. The molecule has 0 fully saturated rings. The highest BCUT2D eigenvalue weighted by Crippen LogP contribution is 2.10. The zero-order chi connectivity index (χ0) is 16.5. The maximum Gasteiger partial charge on any atom is 0.290 e. The number of carbonyl (C=O) groups excluding carboxylic acids is 1. The predicted molar refractivity (Wildman–Crippen MR) is 80.9 cm³/mol. The average Bonchev–Trinajstić information content (AvgIpc) is 2.85. The maximum absolute atomic E-state index is 11.8. The minimum absolute atomic E-state index is 0.0994. The molecule has 118 valence electrons. The predicted octanol–water partition coefficient (Wildman–Crippen LogP) is -0.210. The van der Waals surface area contributed by atoms with Gasteiger partial charge in [-0.2, -0.15) is 0 Å². The van der Waals surface area contributed by atoms with Crippen LogP contribution in [-0.4, -0.2) is 39.2 Å². The quantitative estimate of drug-likeness (QED) is 0.568. The highest BCUT2D eigenvalue weighted by molar-refractivity contribution is 7.15. The molecule has 22 heavy (non-hydrogen) atoms. The summed E-state index contributed by atoms with van der Waals surface area (Å²) in [5, 5.41) is 18.2. The summed E-state index contributed by atoms with van der Waals surface area (Å²) in [5.41, 5.74) is 5.96. The lowest BCUT2D eigenvalue weighted by atomic mass is 10.2. The van der Waals surface area contributed by atoms with E-state index >= 15 is 0 Å². The van der Waals surface area contributed by atoms with Crippen LogP contribution in [0.15, 0.2) is 17.1 Å².